The van der Waals surface area contributed by atoms with Gasteiger partial charge in [-0.05, 0) is 30.4 Å². The van der Waals surface area contributed by atoms with Crippen molar-refractivity contribution < 1.29 is 14.3 Å². The molecule has 1 N–H and O–H groups in total. The summed E-state index contributed by atoms with van der Waals surface area (Å²) in [7, 11) is 0. The number of aliphatic carboxylic acids is 1. The van der Waals surface area contributed by atoms with Gasteiger partial charge >= 0.3 is 5.97 Å². The van der Waals surface area contributed by atoms with Crippen molar-refractivity contribution in [2.45, 2.75) is 24.2 Å². The van der Waals surface area contributed by atoms with Crippen LogP contribution < -0.4 is 0 Å². The molecule has 0 saturated heterocycles. The molecular formula is C17H15FO2. The second kappa shape index (κ2) is 4.75. The first-order chi connectivity index (χ1) is 9.63. The average molecular weight is 270 g/mol. The molecule has 1 saturated carbocycles. The van der Waals surface area contributed by atoms with Crippen molar-refractivity contribution in [3.8, 4) is 0 Å². The van der Waals surface area contributed by atoms with E-state index in [1.165, 1.54) is 6.07 Å². The number of carboxylic acid groups (broad SMARTS) is 1. The molecular weight excluding hydrogens is 255 g/mol. The van der Waals surface area contributed by atoms with E-state index in [4.69, 9.17) is 0 Å². The smallest absolute Gasteiger partial charge is 0.314 e. The molecule has 1 fully saturated rings. The first kappa shape index (κ1) is 12.9. The zero-order chi connectivity index (χ0) is 14.2. The Hall–Kier alpha value is -2.16. The van der Waals surface area contributed by atoms with Gasteiger partial charge in [-0.3, -0.25) is 4.79 Å². The standard InChI is InChI=1S/C17H15FO2/c18-15-9-5-4-8-14(15)17(16(19)20)10-13(11-17)12-6-2-1-3-7-12/h1-9,13H,10-11H2,(H,19,20). The molecule has 1 aliphatic carbocycles. The molecule has 1 aliphatic rings. The highest BCUT2D eigenvalue weighted by molar-refractivity contribution is 5.83. The Morgan fingerprint density at radius 2 is 1.65 bits per heavy atom. The van der Waals surface area contributed by atoms with Gasteiger partial charge in [0.1, 0.15) is 5.82 Å². The summed E-state index contributed by atoms with van der Waals surface area (Å²) in [6.07, 6.45) is 0.903. The summed E-state index contributed by atoms with van der Waals surface area (Å²) >= 11 is 0. The van der Waals surface area contributed by atoms with E-state index in [-0.39, 0.29) is 5.92 Å². The van der Waals surface area contributed by atoms with Gasteiger partial charge in [0.2, 0.25) is 0 Å². The molecule has 3 heteroatoms. The molecule has 20 heavy (non-hydrogen) atoms. The third-order valence-corrected chi connectivity index (χ3v) is 4.26. The van der Waals surface area contributed by atoms with Gasteiger partial charge in [-0.2, -0.15) is 0 Å². The predicted octanol–water partition coefficient (Wildman–Crippen LogP) is 3.73. The lowest BCUT2D eigenvalue weighted by atomic mass is 9.57. The molecule has 0 aromatic heterocycles. The van der Waals surface area contributed by atoms with Crippen LogP contribution in [0.15, 0.2) is 54.6 Å². The zero-order valence-corrected chi connectivity index (χ0v) is 10.9. The fourth-order valence-electron chi connectivity index (χ4n) is 3.10. The van der Waals surface area contributed by atoms with Crippen molar-refractivity contribution in [2.24, 2.45) is 0 Å². The minimum atomic E-state index is -1.08. The number of benzene rings is 2. The molecule has 0 heterocycles. The lowest BCUT2D eigenvalue weighted by Crippen LogP contribution is -2.47. The van der Waals surface area contributed by atoms with Crippen molar-refractivity contribution in [1.82, 2.24) is 0 Å². The number of halogens is 1. The fourth-order valence-corrected chi connectivity index (χ4v) is 3.10. The third-order valence-electron chi connectivity index (χ3n) is 4.26. The Balaban J connectivity index is 1.91. The zero-order valence-electron chi connectivity index (χ0n) is 10.9. The summed E-state index contributed by atoms with van der Waals surface area (Å²) in [5.41, 5.74) is 0.353. The van der Waals surface area contributed by atoms with Gasteiger partial charge in [0.15, 0.2) is 0 Å². The highest BCUT2D eigenvalue weighted by Gasteiger charge is 2.53. The SMILES string of the molecule is O=C(O)C1(c2ccccc2F)CC(c2ccccc2)C1. The topological polar surface area (TPSA) is 37.3 Å². The van der Waals surface area contributed by atoms with Crippen LogP contribution in [0.4, 0.5) is 4.39 Å². The van der Waals surface area contributed by atoms with E-state index < -0.39 is 17.2 Å². The van der Waals surface area contributed by atoms with Gasteiger partial charge in [0.05, 0.1) is 5.41 Å². The molecule has 102 valence electrons. The maximum Gasteiger partial charge on any atom is 0.314 e. The van der Waals surface area contributed by atoms with Gasteiger partial charge in [-0.15, -0.1) is 0 Å². The molecule has 0 radical (unpaired) electrons. The Morgan fingerprint density at radius 3 is 2.25 bits per heavy atom. The van der Waals surface area contributed by atoms with Crippen LogP contribution in [0.5, 0.6) is 0 Å². The maximum atomic E-state index is 13.9. The van der Waals surface area contributed by atoms with Crippen LogP contribution in [0.25, 0.3) is 0 Å². The summed E-state index contributed by atoms with van der Waals surface area (Å²) < 4.78 is 13.9. The number of rotatable bonds is 3. The molecule has 0 unspecified atom stereocenters. The Labute approximate surface area is 116 Å². The van der Waals surface area contributed by atoms with Crippen LogP contribution in [-0.4, -0.2) is 11.1 Å². The van der Waals surface area contributed by atoms with E-state index in [0.29, 0.717) is 18.4 Å². The van der Waals surface area contributed by atoms with Gasteiger partial charge in [0.25, 0.3) is 0 Å². The van der Waals surface area contributed by atoms with Gasteiger partial charge in [-0.25, -0.2) is 4.39 Å². The molecule has 0 aliphatic heterocycles. The molecule has 2 aromatic rings. The van der Waals surface area contributed by atoms with Gasteiger partial charge in [0, 0.05) is 5.56 Å². The van der Waals surface area contributed by atoms with Crippen molar-refractivity contribution >= 4 is 5.97 Å². The van der Waals surface area contributed by atoms with Crippen molar-refractivity contribution in [3.05, 3.63) is 71.5 Å². The Bertz CT molecular complexity index is 630. The molecule has 2 nitrogen and oxygen atoms in total. The van der Waals surface area contributed by atoms with Crippen LogP contribution in [-0.2, 0) is 10.2 Å². The van der Waals surface area contributed by atoms with Gasteiger partial charge in [-0.1, -0.05) is 48.5 Å². The largest absolute Gasteiger partial charge is 0.481 e. The fraction of sp³-hybridized carbons (Fsp3) is 0.235. The van der Waals surface area contributed by atoms with E-state index in [0.717, 1.165) is 5.56 Å². The quantitative estimate of drug-likeness (QED) is 0.922. The van der Waals surface area contributed by atoms with Crippen molar-refractivity contribution in [3.63, 3.8) is 0 Å². The summed E-state index contributed by atoms with van der Waals surface area (Å²) in [6, 6.07) is 16.0. The molecule has 2 aromatic carbocycles. The molecule has 3 rings (SSSR count). The maximum absolute atomic E-state index is 13.9. The minimum Gasteiger partial charge on any atom is -0.481 e. The number of hydrogen-bond donors (Lipinski definition) is 1. The monoisotopic (exact) mass is 270 g/mol. The number of carbonyl (C=O) groups is 1. The Morgan fingerprint density at radius 1 is 1.05 bits per heavy atom. The van der Waals surface area contributed by atoms with E-state index >= 15 is 0 Å². The predicted molar refractivity (Wildman–Crippen MR) is 74.1 cm³/mol. The van der Waals surface area contributed by atoms with Crippen LogP contribution in [0, 0.1) is 5.82 Å². The lowest BCUT2D eigenvalue weighted by molar-refractivity contribution is -0.148. The molecule has 0 spiro atoms. The van der Waals surface area contributed by atoms with E-state index in [2.05, 4.69) is 0 Å². The van der Waals surface area contributed by atoms with Crippen LogP contribution in [0.2, 0.25) is 0 Å². The minimum absolute atomic E-state index is 0.187. The second-order valence-corrected chi connectivity index (χ2v) is 5.38. The van der Waals surface area contributed by atoms with E-state index in [1.807, 2.05) is 30.3 Å². The van der Waals surface area contributed by atoms with Gasteiger partial charge < -0.3 is 5.11 Å². The number of carboxylic acids is 1. The number of hydrogen-bond acceptors (Lipinski definition) is 1. The first-order valence-corrected chi connectivity index (χ1v) is 6.67. The summed E-state index contributed by atoms with van der Waals surface area (Å²) in [4.78, 5) is 11.7. The summed E-state index contributed by atoms with van der Waals surface area (Å²) in [5, 5.41) is 9.56. The second-order valence-electron chi connectivity index (χ2n) is 5.38. The van der Waals surface area contributed by atoms with Crippen molar-refractivity contribution in [1.29, 1.82) is 0 Å². The summed E-state index contributed by atoms with van der Waals surface area (Å²) in [6.45, 7) is 0. The normalized spacial score (nSPS) is 24.9. The summed E-state index contributed by atoms with van der Waals surface area (Å²) in [5.74, 6) is -1.18. The molecule has 0 bridgehead atoms. The van der Waals surface area contributed by atoms with Crippen LogP contribution >= 0.6 is 0 Å². The van der Waals surface area contributed by atoms with Crippen molar-refractivity contribution in [2.75, 3.05) is 0 Å². The first-order valence-electron chi connectivity index (χ1n) is 6.67. The lowest BCUT2D eigenvalue weighted by Gasteiger charge is -2.45. The Kier molecular flexibility index (Phi) is 3.05. The van der Waals surface area contributed by atoms with Crippen LogP contribution in [0.3, 0.4) is 0 Å². The van der Waals surface area contributed by atoms with E-state index in [1.54, 1.807) is 18.2 Å². The third kappa shape index (κ3) is 1.90. The highest BCUT2D eigenvalue weighted by Crippen LogP contribution is 2.53. The van der Waals surface area contributed by atoms with Crippen LogP contribution in [0.1, 0.15) is 29.9 Å². The highest BCUT2D eigenvalue weighted by atomic mass is 19.1. The average Bonchev–Trinajstić information content (AvgIpc) is 2.40. The molecule has 0 atom stereocenters. The van der Waals surface area contributed by atoms with E-state index in [9.17, 15) is 14.3 Å². The molecule has 0 amide bonds.